The summed E-state index contributed by atoms with van der Waals surface area (Å²) in [5, 5.41) is 67.0. The number of fused-ring (bicyclic) bond motifs is 4. The Morgan fingerprint density at radius 2 is 1.53 bits per heavy atom. The minimum atomic E-state index is -1.32. The van der Waals surface area contributed by atoms with Gasteiger partial charge >= 0.3 is 0 Å². The highest BCUT2D eigenvalue weighted by atomic mass is 16.8. The molecule has 0 aromatic rings. The van der Waals surface area contributed by atoms with Crippen LogP contribution in [0.3, 0.4) is 0 Å². The zero-order valence-electron chi connectivity index (χ0n) is 28.0. The van der Waals surface area contributed by atoms with Gasteiger partial charge in [-0.2, -0.15) is 0 Å². The van der Waals surface area contributed by atoms with E-state index in [4.69, 9.17) is 18.9 Å². The molecule has 0 aromatic carbocycles. The van der Waals surface area contributed by atoms with Gasteiger partial charge in [0.05, 0.1) is 30.5 Å². The van der Waals surface area contributed by atoms with Crippen molar-refractivity contribution in [3.05, 3.63) is 0 Å². The lowest BCUT2D eigenvalue weighted by Gasteiger charge is -2.65. The van der Waals surface area contributed by atoms with Gasteiger partial charge in [-0.3, -0.25) is 0 Å². The molecular formula is C35H56O10. The fourth-order valence-electron chi connectivity index (χ4n) is 14.0. The van der Waals surface area contributed by atoms with E-state index in [2.05, 4.69) is 34.6 Å². The van der Waals surface area contributed by atoms with Gasteiger partial charge in [-0.1, -0.05) is 34.6 Å². The summed E-state index contributed by atoms with van der Waals surface area (Å²) in [6.07, 6.45) is -1.40. The van der Waals surface area contributed by atoms with E-state index in [0.717, 1.165) is 38.5 Å². The van der Waals surface area contributed by atoms with Crippen LogP contribution >= 0.6 is 0 Å². The van der Waals surface area contributed by atoms with Crippen molar-refractivity contribution in [3.63, 3.8) is 0 Å². The van der Waals surface area contributed by atoms with Crippen molar-refractivity contribution in [2.45, 2.75) is 160 Å². The molecule has 10 nitrogen and oxygen atoms in total. The number of rotatable bonds is 3. The van der Waals surface area contributed by atoms with E-state index in [1.54, 1.807) is 13.8 Å². The first-order valence-electron chi connectivity index (χ1n) is 17.6. The average Bonchev–Trinajstić information content (AvgIpc) is 3.44. The van der Waals surface area contributed by atoms with Gasteiger partial charge in [0.15, 0.2) is 12.1 Å². The fourth-order valence-corrected chi connectivity index (χ4v) is 14.0. The van der Waals surface area contributed by atoms with Gasteiger partial charge in [-0.15, -0.1) is 0 Å². The summed E-state index contributed by atoms with van der Waals surface area (Å²) < 4.78 is 25.6. The lowest BCUT2D eigenvalue weighted by atomic mass is 9.40. The number of aliphatic hydroxyl groups excluding tert-OH is 5. The second-order valence-electron chi connectivity index (χ2n) is 18.4. The van der Waals surface area contributed by atoms with E-state index in [1.807, 2.05) is 0 Å². The molecule has 10 heteroatoms. The van der Waals surface area contributed by atoms with Crippen LogP contribution in [0.15, 0.2) is 0 Å². The zero-order valence-corrected chi connectivity index (χ0v) is 28.0. The molecule has 5 saturated carbocycles. The molecule has 5 aliphatic carbocycles. The third-order valence-electron chi connectivity index (χ3n) is 15.9. The highest BCUT2D eigenvalue weighted by Gasteiger charge is 2.89. The van der Waals surface area contributed by atoms with E-state index in [1.165, 1.54) is 0 Å². The monoisotopic (exact) mass is 636 g/mol. The smallest absolute Gasteiger partial charge is 0.199 e. The van der Waals surface area contributed by atoms with Gasteiger partial charge in [-0.05, 0) is 92.8 Å². The summed E-state index contributed by atoms with van der Waals surface area (Å²) in [6, 6.07) is 0. The van der Waals surface area contributed by atoms with Crippen LogP contribution in [0.2, 0.25) is 0 Å². The highest BCUT2D eigenvalue weighted by Crippen LogP contribution is 2.90. The molecule has 8 rings (SSSR count). The van der Waals surface area contributed by atoms with Crippen molar-refractivity contribution in [1.82, 2.24) is 0 Å². The van der Waals surface area contributed by atoms with Gasteiger partial charge in [0.25, 0.3) is 0 Å². The van der Waals surface area contributed by atoms with Crippen molar-refractivity contribution in [1.29, 1.82) is 0 Å². The van der Waals surface area contributed by atoms with E-state index >= 15 is 0 Å². The number of ether oxygens (including phenoxy) is 4. The molecule has 0 radical (unpaired) electrons. The number of aliphatic hydroxyl groups is 6. The molecule has 18 atom stereocenters. The topological polar surface area (TPSA) is 158 Å². The molecule has 256 valence electrons. The Kier molecular flexibility index (Phi) is 6.53. The molecule has 0 amide bonds. The summed E-state index contributed by atoms with van der Waals surface area (Å²) >= 11 is 0. The minimum absolute atomic E-state index is 0.0126. The van der Waals surface area contributed by atoms with Crippen molar-refractivity contribution >= 4 is 0 Å². The summed E-state index contributed by atoms with van der Waals surface area (Å²) in [6.45, 7) is 14.5. The molecule has 6 N–H and O–H groups in total. The first-order valence-corrected chi connectivity index (χ1v) is 17.6. The molecule has 3 heterocycles. The molecule has 8 fully saturated rings. The minimum Gasteiger partial charge on any atom is -0.393 e. The van der Waals surface area contributed by atoms with Crippen molar-refractivity contribution < 1.29 is 49.6 Å². The molecule has 3 spiro atoms. The van der Waals surface area contributed by atoms with Gasteiger partial charge in [-0.25, -0.2) is 0 Å². The lowest BCUT2D eigenvalue weighted by molar-refractivity contribution is -0.304. The van der Waals surface area contributed by atoms with E-state index in [-0.39, 0.29) is 52.8 Å². The third-order valence-corrected chi connectivity index (χ3v) is 15.9. The van der Waals surface area contributed by atoms with Gasteiger partial charge in [0, 0.05) is 16.7 Å². The highest BCUT2D eigenvalue weighted by molar-refractivity contribution is 5.36. The first kappa shape index (κ1) is 31.8. The van der Waals surface area contributed by atoms with Crippen molar-refractivity contribution in [2.24, 2.45) is 50.7 Å². The standard InChI is InChI=1S/C35H56O10/c1-16-12-18-26(30(4,5)41)45-35(44-18)25(16)32(7)21(37)13-34-15-33(34)11-10-22(43-27-24(39)23(38)17(36)14-42-27)29(2,3)19(33)8-9-20(34)31(32,6)28(35)40/h16-28,36-41H,8-15H2,1-7H3/t16-,17+,18-,19-,20+,21-,22+,23+,24-,25-,26-,27+,28-,31-,32-,33-,34+,35+/m1/s1. The SMILES string of the molecule is C[C@@H]1C[C@H]2O[C@@]3(O[C@H]2C(C)(C)O)[C@H](O)[C@@]2(C)[C@@H]4CC[C@@H]5C(C)(C)[C@@H](O[C@@H]6OC[C@H](O)[C@H](O)[C@H]6O)CC[C@@]56C[C@@]46C[C@@H](O)[C@]2(C)[C@@H]13. The Morgan fingerprint density at radius 3 is 2.22 bits per heavy atom. The number of hydrogen-bond acceptors (Lipinski definition) is 10. The van der Waals surface area contributed by atoms with Crippen LogP contribution in [0, 0.1) is 50.7 Å². The van der Waals surface area contributed by atoms with Crippen LogP contribution in [0.5, 0.6) is 0 Å². The Balaban J connectivity index is 1.12. The van der Waals surface area contributed by atoms with E-state index < -0.39 is 65.1 Å². The van der Waals surface area contributed by atoms with Crippen molar-refractivity contribution in [3.8, 4) is 0 Å². The summed E-state index contributed by atoms with van der Waals surface area (Å²) in [5.74, 6) is -0.820. The van der Waals surface area contributed by atoms with Crippen LogP contribution in [-0.2, 0) is 18.9 Å². The van der Waals surface area contributed by atoms with Gasteiger partial charge in [0.1, 0.15) is 30.5 Å². The Hall–Kier alpha value is -0.400. The Morgan fingerprint density at radius 1 is 0.844 bits per heavy atom. The second-order valence-corrected chi connectivity index (χ2v) is 18.4. The molecule has 3 aliphatic heterocycles. The van der Waals surface area contributed by atoms with Crippen LogP contribution in [-0.4, -0.2) is 104 Å². The molecule has 0 unspecified atom stereocenters. The Labute approximate surface area is 266 Å². The first-order chi connectivity index (χ1) is 20.8. The largest absolute Gasteiger partial charge is 0.393 e. The second kappa shape index (κ2) is 9.23. The lowest BCUT2D eigenvalue weighted by Crippen LogP contribution is -2.64. The van der Waals surface area contributed by atoms with Crippen LogP contribution in [0.4, 0.5) is 0 Å². The Bertz CT molecular complexity index is 1240. The maximum absolute atomic E-state index is 12.7. The predicted octanol–water partition coefficient (Wildman–Crippen LogP) is 2.09. The fraction of sp³-hybridized carbons (Fsp3) is 1.00. The quantitative estimate of drug-likeness (QED) is 0.254. The zero-order chi connectivity index (χ0) is 32.5. The molecule has 2 bridgehead atoms. The normalized spacial score (nSPS) is 62.7. The summed E-state index contributed by atoms with van der Waals surface area (Å²) in [5.41, 5.74) is -2.78. The molecule has 0 aromatic heterocycles. The van der Waals surface area contributed by atoms with Gasteiger partial charge < -0.3 is 49.6 Å². The summed E-state index contributed by atoms with van der Waals surface area (Å²) in [4.78, 5) is 0. The van der Waals surface area contributed by atoms with Crippen LogP contribution in [0.25, 0.3) is 0 Å². The van der Waals surface area contributed by atoms with Crippen molar-refractivity contribution in [2.75, 3.05) is 6.61 Å². The number of hydrogen-bond donors (Lipinski definition) is 6. The van der Waals surface area contributed by atoms with Crippen LogP contribution in [0.1, 0.15) is 93.4 Å². The summed E-state index contributed by atoms with van der Waals surface area (Å²) in [7, 11) is 0. The molecule has 45 heavy (non-hydrogen) atoms. The maximum atomic E-state index is 12.7. The van der Waals surface area contributed by atoms with E-state index in [0.29, 0.717) is 12.3 Å². The van der Waals surface area contributed by atoms with Gasteiger partial charge in [0.2, 0.25) is 0 Å². The van der Waals surface area contributed by atoms with Crippen LogP contribution < -0.4 is 0 Å². The molecule has 8 aliphatic rings. The molecular weight excluding hydrogens is 580 g/mol. The van der Waals surface area contributed by atoms with E-state index in [9.17, 15) is 30.6 Å². The third kappa shape index (κ3) is 3.51. The predicted molar refractivity (Wildman–Crippen MR) is 160 cm³/mol. The maximum Gasteiger partial charge on any atom is 0.199 e. The average molecular weight is 637 g/mol. The molecule has 3 saturated heterocycles.